The number of nitrogens with one attached hydrogen (secondary N) is 1. The molecule has 14 heavy (non-hydrogen) atoms. The summed E-state index contributed by atoms with van der Waals surface area (Å²) < 4.78 is 11.0. The Bertz CT molecular complexity index is 135. The lowest BCUT2D eigenvalue weighted by Gasteiger charge is -2.18. The molecule has 0 bridgehead atoms. The second kappa shape index (κ2) is 7.21. The van der Waals surface area contributed by atoms with Crippen LogP contribution in [0.3, 0.4) is 0 Å². The van der Waals surface area contributed by atoms with E-state index in [1.165, 1.54) is 6.42 Å². The van der Waals surface area contributed by atoms with Crippen LogP contribution in [0.2, 0.25) is 0 Å². The average molecular weight is 201 g/mol. The molecule has 1 heterocycles. The second-order valence-electron chi connectivity index (χ2n) is 3.88. The molecule has 1 rings (SSSR count). The molecule has 2 unspecified atom stereocenters. The van der Waals surface area contributed by atoms with Crippen molar-refractivity contribution in [2.24, 2.45) is 0 Å². The first kappa shape index (κ1) is 12.0. The van der Waals surface area contributed by atoms with Crippen LogP contribution < -0.4 is 5.32 Å². The molecule has 0 aliphatic carbocycles. The van der Waals surface area contributed by atoms with Crippen LogP contribution in [-0.4, -0.2) is 38.5 Å². The highest BCUT2D eigenvalue weighted by Crippen LogP contribution is 2.08. The molecule has 0 saturated carbocycles. The number of hydrogen-bond donors (Lipinski definition) is 1. The Hall–Kier alpha value is -0.120. The van der Waals surface area contributed by atoms with Crippen LogP contribution in [0, 0.1) is 0 Å². The van der Waals surface area contributed by atoms with Crippen LogP contribution in [0.1, 0.15) is 33.1 Å². The summed E-state index contributed by atoms with van der Waals surface area (Å²) in [6.45, 7) is 7.94. The van der Waals surface area contributed by atoms with Gasteiger partial charge in [0.15, 0.2) is 0 Å². The first-order valence-corrected chi connectivity index (χ1v) is 5.79. The van der Waals surface area contributed by atoms with Crippen molar-refractivity contribution in [3.8, 4) is 0 Å². The van der Waals surface area contributed by atoms with Crippen LogP contribution in [-0.2, 0) is 9.47 Å². The minimum absolute atomic E-state index is 0.340. The van der Waals surface area contributed by atoms with Gasteiger partial charge >= 0.3 is 0 Å². The van der Waals surface area contributed by atoms with Crippen molar-refractivity contribution in [1.29, 1.82) is 0 Å². The molecule has 3 heteroatoms. The smallest absolute Gasteiger partial charge is 0.0831 e. The number of hydrogen-bond acceptors (Lipinski definition) is 3. The second-order valence-corrected chi connectivity index (χ2v) is 3.88. The maximum atomic E-state index is 5.77. The molecule has 1 N–H and O–H groups in total. The third kappa shape index (κ3) is 4.40. The van der Waals surface area contributed by atoms with E-state index in [-0.39, 0.29) is 0 Å². The van der Waals surface area contributed by atoms with E-state index in [0.717, 1.165) is 39.2 Å². The molecule has 1 aliphatic heterocycles. The first-order valence-electron chi connectivity index (χ1n) is 5.79. The molecular weight excluding hydrogens is 178 g/mol. The normalized spacial score (nSPS) is 24.0. The van der Waals surface area contributed by atoms with Gasteiger partial charge in [-0.15, -0.1) is 0 Å². The summed E-state index contributed by atoms with van der Waals surface area (Å²) in [6.07, 6.45) is 3.72. The van der Waals surface area contributed by atoms with Gasteiger partial charge in [0, 0.05) is 12.6 Å². The lowest BCUT2D eigenvalue weighted by atomic mass is 10.2. The van der Waals surface area contributed by atoms with E-state index >= 15 is 0 Å². The zero-order chi connectivity index (χ0) is 10.2. The van der Waals surface area contributed by atoms with Gasteiger partial charge in [-0.25, -0.2) is 0 Å². The van der Waals surface area contributed by atoms with Gasteiger partial charge in [-0.05, 0) is 25.8 Å². The Labute approximate surface area is 87.2 Å². The summed E-state index contributed by atoms with van der Waals surface area (Å²) in [5, 5.41) is 3.48. The Morgan fingerprint density at radius 3 is 2.93 bits per heavy atom. The highest BCUT2D eigenvalue weighted by atomic mass is 16.5. The first-order chi connectivity index (χ1) is 6.86. The molecule has 0 amide bonds. The summed E-state index contributed by atoms with van der Waals surface area (Å²) in [4.78, 5) is 0. The molecule has 0 aromatic carbocycles. The summed E-state index contributed by atoms with van der Waals surface area (Å²) in [7, 11) is 0. The lowest BCUT2D eigenvalue weighted by molar-refractivity contribution is 0.0295. The monoisotopic (exact) mass is 201 g/mol. The van der Waals surface area contributed by atoms with Gasteiger partial charge < -0.3 is 14.8 Å². The fourth-order valence-electron chi connectivity index (χ4n) is 1.57. The third-order valence-corrected chi connectivity index (χ3v) is 2.60. The van der Waals surface area contributed by atoms with Crippen molar-refractivity contribution in [3.05, 3.63) is 0 Å². The van der Waals surface area contributed by atoms with Gasteiger partial charge in [0.1, 0.15) is 0 Å². The summed E-state index contributed by atoms with van der Waals surface area (Å²) >= 11 is 0. The predicted octanol–water partition coefficient (Wildman–Crippen LogP) is 1.57. The summed E-state index contributed by atoms with van der Waals surface area (Å²) in [5.74, 6) is 0. The van der Waals surface area contributed by atoms with Crippen LogP contribution in [0.5, 0.6) is 0 Å². The molecule has 0 spiro atoms. The van der Waals surface area contributed by atoms with Crippen molar-refractivity contribution in [2.45, 2.75) is 45.3 Å². The van der Waals surface area contributed by atoms with E-state index in [1.54, 1.807) is 0 Å². The molecule has 3 nitrogen and oxygen atoms in total. The van der Waals surface area contributed by atoms with Crippen LogP contribution in [0.4, 0.5) is 0 Å². The third-order valence-electron chi connectivity index (χ3n) is 2.60. The van der Waals surface area contributed by atoms with Gasteiger partial charge in [-0.1, -0.05) is 13.8 Å². The highest BCUT2D eigenvalue weighted by Gasteiger charge is 2.17. The largest absolute Gasteiger partial charge is 0.379 e. The minimum atomic E-state index is 0.340. The molecule has 0 aromatic rings. The maximum absolute atomic E-state index is 5.77. The van der Waals surface area contributed by atoms with Gasteiger partial charge in [0.25, 0.3) is 0 Å². The number of ether oxygens (including phenoxy) is 2. The van der Waals surface area contributed by atoms with Crippen LogP contribution >= 0.6 is 0 Å². The van der Waals surface area contributed by atoms with Gasteiger partial charge in [0.2, 0.25) is 0 Å². The lowest BCUT2D eigenvalue weighted by Crippen LogP contribution is -2.35. The molecule has 0 aromatic heterocycles. The van der Waals surface area contributed by atoms with Gasteiger partial charge in [0.05, 0.1) is 19.3 Å². The fourth-order valence-corrected chi connectivity index (χ4v) is 1.57. The Kier molecular flexibility index (Phi) is 6.15. The van der Waals surface area contributed by atoms with E-state index in [1.807, 2.05) is 0 Å². The van der Waals surface area contributed by atoms with E-state index in [9.17, 15) is 0 Å². The van der Waals surface area contributed by atoms with Gasteiger partial charge in [-0.3, -0.25) is 0 Å². The van der Waals surface area contributed by atoms with Gasteiger partial charge in [-0.2, -0.15) is 0 Å². The SMILES string of the molecule is CCCNC(CC)COC1CCOC1. The molecule has 1 aliphatic rings. The molecular formula is C11H23NO2. The Balaban J connectivity index is 2.06. The highest BCUT2D eigenvalue weighted by molar-refractivity contribution is 4.68. The average Bonchev–Trinajstić information content (AvgIpc) is 2.71. The Morgan fingerprint density at radius 2 is 2.36 bits per heavy atom. The van der Waals surface area contributed by atoms with Crippen LogP contribution in [0.15, 0.2) is 0 Å². The van der Waals surface area contributed by atoms with Crippen molar-refractivity contribution < 1.29 is 9.47 Å². The number of rotatable bonds is 7. The van der Waals surface area contributed by atoms with E-state index in [4.69, 9.17) is 9.47 Å². The fraction of sp³-hybridized carbons (Fsp3) is 1.00. The molecule has 0 radical (unpaired) electrons. The van der Waals surface area contributed by atoms with E-state index < -0.39 is 0 Å². The molecule has 2 atom stereocenters. The molecule has 84 valence electrons. The van der Waals surface area contributed by atoms with E-state index in [0.29, 0.717) is 12.1 Å². The zero-order valence-corrected chi connectivity index (χ0v) is 9.42. The quantitative estimate of drug-likeness (QED) is 0.678. The van der Waals surface area contributed by atoms with E-state index in [2.05, 4.69) is 19.2 Å². The minimum Gasteiger partial charge on any atom is -0.379 e. The predicted molar refractivity (Wildman–Crippen MR) is 57.5 cm³/mol. The van der Waals surface area contributed by atoms with Crippen molar-refractivity contribution >= 4 is 0 Å². The Morgan fingerprint density at radius 1 is 1.50 bits per heavy atom. The van der Waals surface area contributed by atoms with Crippen molar-refractivity contribution in [1.82, 2.24) is 5.32 Å². The van der Waals surface area contributed by atoms with Crippen molar-refractivity contribution in [3.63, 3.8) is 0 Å². The topological polar surface area (TPSA) is 30.5 Å². The summed E-state index contributed by atoms with van der Waals surface area (Å²) in [5.41, 5.74) is 0. The van der Waals surface area contributed by atoms with Crippen molar-refractivity contribution in [2.75, 3.05) is 26.4 Å². The zero-order valence-electron chi connectivity index (χ0n) is 9.42. The van der Waals surface area contributed by atoms with Crippen LogP contribution in [0.25, 0.3) is 0 Å². The summed E-state index contributed by atoms with van der Waals surface area (Å²) in [6, 6.07) is 0.510. The molecule has 1 fully saturated rings. The standard InChI is InChI=1S/C11H23NO2/c1-3-6-12-10(4-2)8-14-11-5-7-13-9-11/h10-12H,3-9H2,1-2H3. The molecule has 1 saturated heterocycles. The maximum Gasteiger partial charge on any atom is 0.0831 e.